The standard InChI is InChI=1S/C13H22N4O2S/c18-20(19,13-8-14-15-9-13)16-7-11-5-6-17(10-11)12-3-1-2-4-12/h8-9,11-12,16H,1-7,10H2,(H,14,15)/t11-/m0/s1. The number of sulfonamides is 1. The molecule has 112 valence electrons. The molecule has 1 aliphatic heterocycles. The highest BCUT2D eigenvalue weighted by Crippen LogP contribution is 2.28. The molecular formula is C13H22N4O2S. The first-order chi connectivity index (χ1) is 9.65. The largest absolute Gasteiger partial charge is 0.300 e. The summed E-state index contributed by atoms with van der Waals surface area (Å²) in [6, 6.07) is 0.741. The SMILES string of the molecule is O=S(=O)(NC[C@@H]1CCN(C2CCCC2)C1)c1cn[nH]c1. The second-order valence-corrected chi connectivity index (χ2v) is 7.64. The third kappa shape index (κ3) is 3.05. The smallest absolute Gasteiger partial charge is 0.243 e. The quantitative estimate of drug-likeness (QED) is 0.848. The Morgan fingerprint density at radius 3 is 2.85 bits per heavy atom. The van der Waals surface area contributed by atoms with Crippen molar-refractivity contribution in [3.63, 3.8) is 0 Å². The van der Waals surface area contributed by atoms with Gasteiger partial charge in [-0.25, -0.2) is 13.1 Å². The van der Waals surface area contributed by atoms with Gasteiger partial charge in [0, 0.05) is 25.3 Å². The molecule has 2 heterocycles. The Hall–Kier alpha value is -0.920. The van der Waals surface area contributed by atoms with E-state index in [0.717, 1.165) is 25.6 Å². The van der Waals surface area contributed by atoms with Crippen LogP contribution in [0, 0.1) is 5.92 Å². The van der Waals surface area contributed by atoms with Gasteiger partial charge in [-0.05, 0) is 31.7 Å². The zero-order valence-corrected chi connectivity index (χ0v) is 12.4. The summed E-state index contributed by atoms with van der Waals surface area (Å²) in [7, 11) is -3.40. The van der Waals surface area contributed by atoms with E-state index in [1.165, 1.54) is 38.1 Å². The van der Waals surface area contributed by atoms with E-state index in [9.17, 15) is 8.42 Å². The summed E-state index contributed by atoms with van der Waals surface area (Å²) in [5.41, 5.74) is 0. The first-order valence-electron chi connectivity index (χ1n) is 7.37. The van der Waals surface area contributed by atoms with Gasteiger partial charge >= 0.3 is 0 Å². The highest BCUT2D eigenvalue weighted by molar-refractivity contribution is 7.89. The molecule has 7 heteroatoms. The fraction of sp³-hybridized carbons (Fsp3) is 0.769. The van der Waals surface area contributed by atoms with Crippen molar-refractivity contribution in [3.8, 4) is 0 Å². The first-order valence-corrected chi connectivity index (χ1v) is 8.86. The number of H-pyrrole nitrogens is 1. The van der Waals surface area contributed by atoms with E-state index in [-0.39, 0.29) is 4.90 Å². The van der Waals surface area contributed by atoms with Crippen LogP contribution in [0.15, 0.2) is 17.3 Å². The van der Waals surface area contributed by atoms with Gasteiger partial charge in [0.1, 0.15) is 4.90 Å². The average molecular weight is 298 g/mol. The molecule has 6 nitrogen and oxygen atoms in total. The molecule has 2 aliphatic rings. The highest BCUT2D eigenvalue weighted by Gasteiger charge is 2.30. The zero-order chi connectivity index (χ0) is 14.0. The van der Waals surface area contributed by atoms with Crippen LogP contribution in [0.25, 0.3) is 0 Å². The maximum Gasteiger partial charge on any atom is 0.243 e. The summed E-state index contributed by atoms with van der Waals surface area (Å²) < 4.78 is 26.7. The minimum Gasteiger partial charge on any atom is -0.300 e. The van der Waals surface area contributed by atoms with Crippen LogP contribution in [0.5, 0.6) is 0 Å². The lowest BCUT2D eigenvalue weighted by atomic mass is 10.1. The summed E-state index contributed by atoms with van der Waals surface area (Å²) >= 11 is 0. The minimum absolute atomic E-state index is 0.211. The van der Waals surface area contributed by atoms with Crippen molar-refractivity contribution in [1.82, 2.24) is 19.8 Å². The van der Waals surface area contributed by atoms with Crippen molar-refractivity contribution in [1.29, 1.82) is 0 Å². The molecule has 1 saturated carbocycles. The topological polar surface area (TPSA) is 78.1 Å². The Balaban J connectivity index is 1.50. The number of likely N-dealkylation sites (tertiary alicyclic amines) is 1. The van der Waals surface area contributed by atoms with Gasteiger partial charge in [-0.3, -0.25) is 5.10 Å². The van der Waals surface area contributed by atoms with E-state index >= 15 is 0 Å². The summed E-state index contributed by atoms with van der Waals surface area (Å²) in [5.74, 6) is 0.428. The van der Waals surface area contributed by atoms with E-state index in [1.807, 2.05) is 0 Å². The molecule has 3 rings (SSSR count). The van der Waals surface area contributed by atoms with E-state index in [2.05, 4.69) is 19.8 Å². The summed E-state index contributed by atoms with van der Waals surface area (Å²) in [5, 5.41) is 6.21. The minimum atomic E-state index is -3.40. The van der Waals surface area contributed by atoms with Gasteiger partial charge in [-0.15, -0.1) is 0 Å². The molecule has 1 aliphatic carbocycles. The Bertz CT molecular complexity index is 523. The molecule has 0 bridgehead atoms. The Morgan fingerprint density at radius 2 is 2.15 bits per heavy atom. The van der Waals surface area contributed by atoms with Gasteiger partial charge in [0.15, 0.2) is 0 Å². The molecule has 0 aromatic carbocycles. The number of aromatic amines is 1. The number of rotatable bonds is 5. The van der Waals surface area contributed by atoms with E-state index in [4.69, 9.17) is 0 Å². The summed E-state index contributed by atoms with van der Waals surface area (Å²) in [6.45, 7) is 2.66. The lowest BCUT2D eigenvalue weighted by molar-refractivity contribution is 0.237. The van der Waals surface area contributed by atoms with Crippen LogP contribution in [-0.4, -0.2) is 49.2 Å². The molecule has 1 aromatic heterocycles. The lowest BCUT2D eigenvalue weighted by Crippen LogP contribution is -2.34. The van der Waals surface area contributed by atoms with Crippen molar-refractivity contribution in [2.24, 2.45) is 5.92 Å². The van der Waals surface area contributed by atoms with Gasteiger partial charge in [0.05, 0.1) is 6.20 Å². The van der Waals surface area contributed by atoms with E-state index < -0.39 is 10.0 Å². The maximum absolute atomic E-state index is 12.0. The fourth-order valence-corrected chi connectivity index (χ4v) is 4.35. The molecule has 0 amide bonds. The summed E-state index contributed by atoms with van der Waals surface area (Å²) in [6.07, 6.45) is 9.15. The van der Waals surface area contributed by atoms with Crippen molar-refractivity contribution in [2.75, 3.05) is 19.6 Å². The molecule has 2 fully saturated rings. The van der Waals surface area contributed by atoms with Crippen LogP contribution in [0.2, 0.25) is 0 Å². The molecular weight excluding hydrogens is 276 g/mol. The van der Waals surface area contributed by atoms with E-state index in [0.29, 0.717) is 12.5 Å². The normalized spacial score (nSPS) is 25.5. The molecule has 1 saturated heterocycles. The van der Waals surface area contributed by atoms with Gasteiger partial charge < -0.3 is 4.90 Å². The Labute approximate surface area is 120 Å². The highest BCUT2D eigenvalue weighted by atomic mass is 32.2. The van der Waals surface area contributed by atoms with Crippen molar-refractivity contribution in [3.05, 3.63) is 12.4 Å². The van der Waals surface area contributed by atoms with Crippen molar-refractivity contribution in [2.45, 2.75) is 43.0 Å². The van der Waals surface area contributed by atoms with Gasteiger partial charge in [-0.2, -0.15) is 5.10 Å². The van der Waals surface area contributed by atoms with Crippen LogP contribution in [0.3, 0.4) is 0 Å². The van der Waals surface area contributed by atoms with Crippen molar-refractivity contribution < 1.29 is 8.42 Å². The van der Waals surface area contributed by atoms with Gasteiger partial charge in [0.25, 0.3) is 0 Å². The molecule has 20 heavy (non-hydrogen) atoms. The molecule has 1 aromatic rings. The number of nitrogens with zero attached hydrogens (tertiary/aromatic N) is 2. The maximum atomic E-state index is 12.0. The monoisotopic (exact) mass is 298 g/mol. The predicted octanol–water partition coefficient (Wildman–Crippen LogP) is 0.952. The summed E-state index contributed by atoms with van der Waals surface area (Å²) in [4.78, 5) is 2.76. The van der Waals surface area contributed by atoms with Crippen LogP contribution in [0.4, 0.5) is 0 Å². The molecule has 0 unspecified atom stereocenters. The third-order valence-electron chi connectivity index (χ3n) is 4.50. The number of hydrogen-bond acceptors (Lipinski definition) is 4. The zero-order valence-electron chi connectivity index (χ0n) is 11.6. The van der Waals surface area contributed by atoms with Crippen molar-refractivity contribution >= 4 is 10.0 Å². The fourth-order valence-electron chi connectivity index (χ4n) is 3.33. The molecule has 0 radical (unpaired) electrons. The lowest BCUT2D eigenvalue weighted by Gasteiger charge is -2.23. The molecule has 2 N–H and O–H groups in total. The van der Waals surface area contributed by atoms with Gasteiger partial charge in [0.2, 0.25) is 10.0 Å². The molecule has 1 atom stereocenters. The number of hydrogen-bond donors (Lipinski definition) is 2. The van der Waals surface area contributed by atoms with Crippen LogP contribution in [-0.2, 0) is 10.0 Å². The Kier molecular flexibility index (Phi) is 4.09. The predicted molar refractivity (Wildman–Crippen MR) is 75.7 cm³/mol. The first kappa shape index (κ1) is 14.0. The van der Waals surface area contributed by atoms with Crippen LogP contribution >= 0.6 is 0 Å². The van der Waals surface area contributed by atoms with Crippen LogP contribution < -0.4 is 4.72 Å². The second kappa shape index (κ2) is 5.83. The number of nitrogens with one attached hydrogen (secondary N) is 2. The molecule has 0 spiro atoms. The van der Waals surface area contributed by atoms with Gasteiger partial charge in [-0.1, -0.05) is 12.8 Å². The van der Waals surface area contributed by atoms with Crippen LogP contribution in [0.1, 0.15) is 32.1 Å². The second-order valence-electron chi connectivity index (χ2n) is 5.87. The van der Waals surface area contributed by atoms with E-state index in [1.54, 1.807) is 0 Å². The third-order valence-corrected chi connectivity index (χ3v) is 5.89. The number of aromatic nitrogens is 2. The Morgan fingerprint density at radius 1 is 1.35 bits per heavy atom. The average Bonchev–Trinajstić information content (AvgIpc) is 3.16.